The van der Waals surface area contributed by atoms with Gasteiger partial charge < -0.3 is 19.8 Å². The number of carbonyl (C=O) groups excluding carboxylic acids is 3. The quantitative estimate of drug-likeness (QED) is 0.403. The van der Waals surface area contributed by atoms with Crippen LogP contribution in [0.1, 0.15) is 29.5 Å². The number of thioether (sulfide) groups is 1. The van der Waals surface area contributed by atoms with Crippen molar-refractivity contribution in [3.8, 4) is 0 Å². The molecule has 41 heavy (non-hydrogen) atoms. The van der Waals surface area contributed by atoms with Crippen molar-refractivity contribution in [1.82, 2.24) is 9.80 Å². The lowest BCUT2D eigenvalue weighted by atomic mass is 9.78. The largest absolute Gasteiger partial charge is 0.396 e. The number of nitrogens with zero attached hydrogens (tertiary/aromatic N) is 3. The normalized spacial score (nSPS) is 29.0. The molecule has 2 aromatic carbocycles. The van der Waals surface area contributed by atoms with Crippen LogP contribution in [-0.2, 0) is 20.9 Å². The zero-order valence-electron chi connectivity index (χ0n) is 23.6. The number of carbonyl (C=O) groups is 3. The number of aryl methyl sites for hydroxylation is 2. The van der Waals surface area contributed by atoms with Crippen molar-refractivity contribution in [2.24, 2.45) is 11.8 Å². The van der Waals surface area contributed by atoms with Gasteiger partial charge in [0.05, 0.1) is 16.6 Å². The summed E-state index contributed by atoms with van der Waals surface area (Å²) in [5, 5.41) is 9.28. The van der Waals surface area contributed by atoms with Gasteiger partial charge in [-0.15, -0.1) is 11.8 Å². The van der Waals surface area contributed by atoms with E-state index in [1.807, 2.05) is 84.3 Å². The second-order valence-corrected chi connectivity index (χ2v) is 13.0. The van der Waals surface area contributed by atoms with E-state index in [1.54, 1.807) is 16.7 Å². The van der Waals surface area contributed by atoms with E-state index in [-0.39, 0.29) is 29.6 Å². The minimum Gasteiger partial charge on any atom is -0.396 e. The highest BCUT2D eigenvalue weighted by atomic mass is 32.2. The van der Waals surface area contributed by atoms with Gasteiger partial charge in [0.2, 0.25) is 11.8 Å². The molecule has 2 saturated heterocycles. The lowest BCUT2D eigenvalue weighted by Gasteiger charge is -2.36. The number of likely N-dealkylation sites (tertiary alicyclic amines) is 1. The van der Waals surface area contributed by atoms with Crippen molar-refractivity contribution in [3.05, 3.63) is 89.5 Å². The molecule has 0 aromatic heterocycles. The van der Waals surface area contributed by atoms with Gasteiger partial charge in [-0.2, -0.15) is 0 Å². The molecule has 1 spiro atoms. The summed E-state index contributed by atoms with van der Waals surface area (Å²) in [5.41, 5.74) is 3.94. The van der Waals surface area contributed by atoms with Crippen LogP contribution < -0.4 is 4.90 Å². The Bertz CT molecular complexity index is 1390. The highest BCUT2D eigenvalue weighted by Crippen LogP contribution is 2.61. The molecule has 2 aromatic rings. The van der Waals surface area contributed by atoms with Crippen LogP contribution in [0.5, 0.6) is 0 Å². The van der Waals surface area contributed by atoms with Gasteiger partial charge in [-0.05, 0) is 43.4 Å². The number of para-hydroxylation sites is 1. The molecule has 6 rings (SSSR count). The van der Waals surface area contributed by atoms with Gasteiger partial charge in [-0.1, -0.05) is 72.8 Å². The van der Waals surface area contributed by atoms with Gasteiger partial charge in [0.25, 0.3) is 5.91 Å². The summed E-state index contributed by atoms with van der Waals surface area (Å²) in [4.78, 5) is 48.7. The number of anilines is 1. The van der Waals surface area contributed by atoms with Gasteiger partial charge in [0, 0.05) is 43.7 Å². The number of rotatable bonds is 7. The van der Waals surface area contributed by atoms with Gasteiger partial charge in [0.15, 0.2) is 0 Å². The molecule has 2 fully saturated rings. The van der Waals surface area contributed by atoms with Crippen LogP contribution in [-0.4, -0.2) is 74.9 Å². The number of hydrogen-bond donors (Lipinski definition) is 1. The molecule has 0 aliphatic carbocycles. The SMILES string of the molecule is Cc1cccc(C)c1N1CC=C[C@]23S[C@H]4C=CCN(Cc5ccccc5)C(=O)[C@H]4[C@H]2C(=O)N(CCCCO)C3C1=O. The van der Waals surface area contributed by atoms with E-state index < -0.39 is 22.6 Å². The molecule has 214 valence electrons. The Hall–Kier alpha value is -3.36. The van der Waals surface area contributed by atoms with Crippen molar-refractivity contribution >= 4 is 35.2 Å². The van der Waals surface area contributed by atoms with Crippen LogP contribution in [0.3, 0.4) is 0 Å². The van der Waals surface area contributed by atoms with Crippen molar-refractivity contribution in [2.75, 3.05) is 31.1 Å². The topological polar surface area (TPSA) is 81.2 Å². The first kappa shape index (κ1) is 27.8. The lowest BCUT2D eigenvalue weighted by molar-refractivity contribution is -0.143. The number of aliphatic hydroxyl groups is 1. The monoisotopic (exact) mass is 571 g/mol. The van der Waals surface area contributed by atoms with Gasteiger partial charge in [0.1, 0.15) is 6.04 Å². The Labute approximate surface area is 245 Å². The Balaban J connectivity index is 1.41. The second-order valence-electron chi connectivity index (χ2n) is 11.5. The van der Waals surface area contributed by atoms with E-state index in [4.69, 9.17) is 0 Å². The zero-order valence-corrected chi connectivity index (χ0v) is 24.4. The van der Waals surface area contributed by atoms with Gasteiger partial charge in [-0.25, -0.2) is 0 Å². The molecule has 1 N–H and O–H groups in total. The maximum Gasteiger partial charge on any atom is 0.251 e. The number of unbranched alkanes of at least 4 members (excludes halogenated alkanes) is 1. The van der Waals surface area contributed by atoms with Crippen molar-refractivity contribution in [1.29, 1.82) is 0 Å². The summed E-state index contributed by atoms with van der Waals surface area (Å²) in [7, 11) is 0. The van der Waals surface area contributed by atoms with E-state index in [9.17, 15) is 19.5 Å². The predicted molar refractivity (Wildman–Crippen MR) is 161 cm³/mol. The van der Waals surface area contributed by atoms with E-state index in [0.29, 0.717) is 39.0 Å². The van der Waals surface area contributed by atoms with Crippen molar-refractivity contribution < 1.29 is 19.5 Å². The van der Waals surface area contributed by atoms with Gasteiger partial charge >= 0.3 is 0 Å². The first-order valence-corrected chi connectivity index (χ1v) is 15.4. The average molecular weight is 572 g/mol. The summed E-state index contributed by atoms with van der Waals surface area (Å²) in [6.07, 6.45) is 9.35. The minimum atomic E-state index is -0.843. The van der Waals surface area contributed by atoms with Crippen molar-refractivity contribution in [3.63, 3.8) is 0 Å². The molecule has 1 unspecified atom stereocenters. The molecular formula is C33H37N3O4S. The van der Waals surface area contributed by atoms with Crippen LogP contribution >= 0.6 is 11.8 Å². The second kappa shape index (κ2) is 11.1. The van der Waals surface area contributed by atoms with Crippen LogP contribution in [0.15, 0.2) is 72.8 Å². The molecule has 3 amide bonds. The van der Waals surface area contributed by atoms with Crippen LogP contribution in [0.2, 0.25) is 0 Å². The highest BCUT2D eigenvalue weighted by molar-refractivity contribution is 8.02. The van der Waals surface area contributed by atoms with E-state index in [2.05, 4.69) is 12.2 Å². The third-order valence-electron chi connectivity index (χ3n) is 8.97. The zero-order chi connectivity index (χ0) is 28.7. The third kappa shape index (κ3) is 4.61. The predicted octanol–water partition coefficient (Wildman–Crippen LogP) is 3.87. The van der Waals surface area contributed by atoms with Crippen LogP contribution in [0, 0.1) is 25.7 Å². The molecule has 4 aliphatic heterocycles. The molecule has 0 radical (unpaired) electrons. The van der Waals surface area contributed by atoms with E-state index in [0.717, 1.165) is 22.4 Å². The fourth-order valence-electron chi connectivity index (χ4n) is 7.20. The molecule has 7 nitrogen and oxygen atoms in total. The van der Waals surface area contributed by atoms with Crippen molar-refractivity contribution in [2.45, 2.75) is 49.3 Å². The average Bonchev–Trinajstić information content (AvgIpc) is 3.27. The number of hydrogen-bond acceptors (Lipinski definition) is 5. The summed E-state index contributed by atoms with van der Waals surface area (Å²) >= 11 is 1.61. The fourth-order valence-corrected chi connectivity index (χ4v) is 9.21. The molecule has 0 saturated carbocycles. The highest BCUT2D eigenvalue weighted by Gasteiger charge is 2.71. The van der Waals surface area contributed by atoms with Gasteiger partial charge in [-0.3, -0.25) is 14.4 Å². The third-order valence-corrected chi connectivity index (χ3v) is 10.7. The maximum absolute atomic E-state index is 14.6. The molecule has 8 heteroatoms. The Kier molecular flexibility index (Phi) is 7.55. The summed E-state index contributed by atoms with van der Waals surface area (Å²) in [5.74, 6) is -1.45. The Morgan fingerprint density at radius 1 is 0.902 bits per heavy atom. The van der Waals surface area contributed by atoms with E-state index in [1.165, 1.54) is 0 Å². The van der Waals surface area contributed by atoms with E-state index >= 15 is 0 Å². The first-order valence-electron chi connectivity index (χ1n) is 14.5. The standard InChI is InChI=1S/C33H37N3O4S/c1-22-11-8-12-23(2)28(22)35-19-10-16-33-27(31(39)36(18-6-7-20-37)29(33)32(35)40)26-25(41-33)15-9-17-34(30(26)38)21-24-13-4-3-5-14-24/h3-5,8-16,25-27,29,37H,6-7,17-21H2,1-2H3/t25-,26+,27-,29?,33-/m0/s1. The Morgan fingerprint density at radius 3 is 2.39 bits per heavy atom. The lowest BCUT2D eigenvalue weighted by Crippen LogP contribution is -2.53. The summed E-state index contributed by atoms with van der Waals surface area (Å²) in [6.45, 7) is 5.80. The summed E-state index contributed by atoms with van der Waals surface area (Å²) in [6, 6.07) is 15.2. The molecule has 4 aliphatic rings. The number of fused-ring (bicyclic) bond motifs is 2. The molecule has 4 heterocycles. The fraction of sp³-hybridized carbons (Fsp3) is 0.424. The Morgan fingerprint density at radius 2 is 1.66 bits per heavy atom. The maximum atomic E-state index is 14.6. The molecular weight excluding hydrogens is 534 g/mol. The number of aliphatic hydroxyl groups excluding tert-OH is 1. The molecule has 5 atom stereocenters. The summed E-state index contributed by atoms with van der Waals surface area (Å²) < 4.78 is -0.843. The van der Waals surface area contributed by atoms with Crippen LogP contribution in [0.4, 0.5) is 5.69 Å². The number of amides is 3. The van der Waals surface area contributed by atoms with Crippen LogP contribution in [0.25, 0.3) is 0 Å². The number of benzene rings is 2. The molecule has 0 bridgehead atoms. The smallest absolute Gasteiger partial charge is 0.251 e. The first-order chi connectivity index (χ1) is 19.9. The minimum absolute atomic E-state index is 0.0285.